The predicted molar refractivity (Wildman–Crippen MR) is 157 cm³/mol. The van der Waals surface area contributed by atoms with Gasteiger partial charge in [-0.25, -0.2) is 0 Å². The van der Waals surface area contributed by atoms with Crippen molar-refractivity contribution >= 4 is 28.7 Å². The van der Waals surface area contributed by atoms with Crippen LogP contribution in [0.2, 0.25) is 0 Å². The highest BCUT2D eigenvalue weighted by Gasteiger charge is 2.42. The minimum atomic E-state index is -0.0275. The van der Waals surface area contributed by atoms with Gasteiger partial charge in [-0.2, -0.15) is 4.58 Å². The number of benzene rings is 2. The number of hydrogen-bond donors (Lipinski definition) is 0. The molecule has 2 aliphatic heterocycles. The van der Waals surface area contributed by atoms with Gasteiger partial charge < -0.3 is 12.3 Å². The third-order valence-electron chi connectivity index (χ3n) is 8.22. The number of anilines is 1. The van der Waals surface area contributed by atoms with Crippen molar-refractivity contribution in [2.24, 2.45) is 0 Å². The molecule has 5 rings (SSSR count). The second-order valence-electron chi connectivity index (χ2n) is 11.1. The summed E-state index contributed by atoms with van der Waals surface area (Å²) in [4.78, 5) is 2.32. The van der Waals surface area contributed by atoms with Gasteiger partial charge in [-0.1, -0.05) is 74.0 Å². The van der Waals surface area contributed by atoms with Crippen LogP contribution in [0.15, 0.2) is 94.7 Å². The zero-order valence-electron chi connectivity index (χ0n) is 22.8. The molecule has 0 atom stereocenters. The molecule has 0 amide bonds. The Hall–Kier alpha value is -2.84. The number of likely N-dealkylation sites (N-methyl/N-ethyl adjacent to an activating group) is 1. The van der Waals surface area contributed by atoms with Crippen molar-refractivity contribution < 1.29 is 4.58 Å². The molecule has 0 fully saturated rings. The minimum absolute atomic E-state index is 0. The van der Waals surface area contributed by atoms with Crippen LogP contribution >= 0.6 is 11.6 Å². The fourth-order valence-corrected chi connectivity index (χ4v) is 6.49. The molecule has 188 valence electrons. The molecule has 2 heterocycles. The average Bonchev–Trinajstić information content (AvgIpc) is 3.16. The summed E-state index contributed by atoms with van der Waals surface area (Å²) < 4.78 is 2.32. The van der Waals surface area contributed by atoms with Crippen LogP contribution in [0, 0.1) is 7.43 Å². The molecule has 1 aliphatic carbocycles. The first-order valence-electron chi connectivity index (χ1n) is 12.7. The van der Waals surface area contributed by atoms with Crippen LogP contribution in [0.1, 0.15) is 58.1 Å². The molecule has 0 unspecified atom stereocenters. The van der Waals surface area contributed by atoms with E-state index in [4.69, 9.17) is 11.6 Å². The molecule has 3 aliphatic rings. The van der Waals surface area contributed by atoms with Crippen LogP contribution in [0.5, 0.6) is 0 Å². The highest BCUT2D eigenvalue weighted by Crippen LogP contribution is 2.47. The Balaban J connectivity index is 0.00000304. The van der Waals surface area contributed by atoms with Crippen molar-refractivity contribution in [1.82, 2.24) is 0 Å². The zero-order valence-corrected chi connectivity index (χ0v) is 23.6. The molecule has 0 saturated carbocycles. The molecule has 0 radical (unpaired) electrons. The van der Waals surface area contributed by atoms with Gasteiger partial charge in [-0.3, -0.25) is 0 Å². The number of rotatable bonds is 3. The Morgan fingerprint density at radius 3 is 2.22 bits per heavy atom. The largest absolute Gasteiger partial charge is 0.358 e. The highest BCUT2D eigenvalue weighted by molar-refractivity contribution is 6.32. The first-order valence-corrected chi connectivity index (χ1v) is 13.0. The van der Waals surface area contributed by atoms with E-state index in [0.717, 1.165) is 24.3 Å². The van der Waals surface area contributed by atoms with Crippen molar-refractivity contribution in [1.29, 1.82) is 0 Å². The molecule has 0 bridgehead atoms. The fourth-order valence-electron chi connectivity index (χ4n) is 6.17. The SMILES string of the molecule is CN1C(=CC=C2CCCC(C=CC3=[N+](C)c4ccccc4C3(C)C)=C2Cl)C(C)(C)c2ccccc21.[CH3-]. The Kier molecular flexibility index (Phi) is 6.96. The summed E-state index contributed by atoms with van der Waals surface area (Å²) >= 11 is 7.01. The van der Waals surface area contributed by atoms with Gasteiger partial charge in [0.25, 0.3) is 0 Å². The van der Waals surface area contributed by atoms with E-state index in [9.17, 15) is 0 Å². The van der Waals surface area contributed by atoms with Crippen LogP contribution < -0.4 is 4.90 Å². The smallest absolute Gasteiger partial charge is 0.209 e. The molecule has 0 saturated heterocycles. The summed E-state index contributed by atoms with van der Waals surface area (Å²) in [6, 6.07) is 17.4. The molecular weight excluding hydrogens is 460 g/mol. The Labute approximate surface area is 223 Å². The number of fused-ring (bicyclic) bond motifs is 2. The first-order chi connectivity index (χ1) is 16.6. The summed E-state index contributed by atoms with van der Waals surface area (Å²) in [6.07, 6.45) is 12.2. The Bertz CT molecular complexity index is 1350. The lowest BCUT2D eigenvalue weighted by molar-refractivity contribution is -0.401. The van der Waals surface area contributed by atoms with Crippen molar-refractivity contribution in [2.75, 3.05) is 19.0 Å². The standard InChI is InChI=1S/C32H36ClN2.CH3/c1-31(2)24-14-7-9-16-26(24)34(5)28(31)20-18-22-12-11-13-23(30(22)33)19-21-29-32(3,4)25-15-8-10-17-27(25)35(29)6;/h7-10,14-21H,11-13H2,1-6H3;1H3/q+1;-1. The van der Waals surface area contributed by atoms with E-state index >= 15 is 0 Å². The van der Waals surface area contributed by atoms with Crippen molar-refractivity contribution in [2.45, 2.75) is 57.8 Å². The molecule has 2 aromatic rings. The van der Waals surface area contributed by atoms with E-state index in [0.29, 0.717) is 0 Å². The van der Waals surface area contributed by atoms with Gasteiger partial charge in [0.05, 0.1) is 5.41 Å². The number of halogens is 1. The molecule has 36 heavy (non-hydrogen) atoms. The van der Waals surface area contributed by atoms with Crippen LogP contribution in [0.3, 0.4) is 0 Å². The third-order valence-corrected chi connectivity index (χ3v) is 8.71. The second kappa shape index (κ2) is 9.56. The Morgan fingerprint density at radius 1 is 0.861 bits per heavy atom. The molecule has 0 aromatic heterocycles. The number of para-hydroxylation sites is 2. The van der Waals surface area contributed by atoms with Gasteiger partial charge in [-0.15, -0.1) is 0 Å². The number of nitrogens with zero attached hydrogens (tertiary/aromatic N) is 2. The van der Waals surface area contributed by atoms with Crippen LogP contribution in [0.25, 0.3) is 0 Å². The predicted octanol–water partition coefficient (Wildman–Crippen LogP) is 8.61. The molecule has 3 heteroatoms. The van der Waals surface area contributed by atoms with Crippen molar-refractivity contribution in [3.63, 3.8) is 0 Å². The molecule has 2 nitrogen and oxygen atoms in total. The monoisotopic (exact) mass is 498 g/mol. The van der Waals surface area contributed by atoms with Gasteiger partial charge >= 0.3 is 0 Å². The van der Waals surface area contributed by atoms with E-state index < -0.39 is 0 Å². The fraction of sp³-hybridized carbons (Fsp3) is 0.333. The van der Waals surface area contributed by atoms with E-state index in [-0.39, 0.29) is 18.3 Å². The first kappa shape index (κ1) is 26.2. The van der Waals surface area contributed by atoms with Crippen LogP contribution in [-0.2, 0) is 10.8 Å². The molecule has 0 N–H and O–H groups in total. The summed E-state index contributed by atoms with van der Waals surface area (Å²) in [5.74, 6) is 0. The van der Waals surface area contributed by atoms with Crippen molar-refractivity contribution in [3.8, 4) is 0 Å². The van der Waals surface area contributed by atoms with Gasteiger partial charge in [0, 0.05) is 46.6 Å². The van der Waals surface area contributed by atoms with Crippen LogP contribution in [0.4, 0.5) is 11.4 Å². The van der Waals surface area contributed by atoms with E-state index in [2.05, 4.69) is 124 Å². The number of allylic oxidation sites excluding steroid dienone is 8. The second-order valence-corrected chi connectivity index (χ2v) is 11.4. The lowest BCUT2D eigenvalue weighted by Crippen LogP contribution is -2.26. The molecule has 2 aromatic carbocycles. The van der Waals surface area contributed by atoms with E-state index in [1.165, 1.54) is 45.1 Å². The van der Waals surface area contributed by atoms with Gasteiger partial charge in [0.2, 0.25) is 5.69 Å². The third kappa shape index (κ3) is 4.10. The molecular formula is C33H39ClN2. The molecule has 0 spiro atoms. The summed E-state index contributed by atoms with van der Waals surface area (Å²) in [7, 11) is 4.33. The summed E-state index contributed by atoms with van der Waals surface area (Å²) in [5.41, 5.74) is 10.4. The lowest BCUT2D eigenvalue weighted by Gasteiger charge is -2.24. The quantitative estimate of drug-likeness (QED) is 0.303. The minimum Gasteiger partial charge on any atom is -0.358 e. The van der Waals surface area contributed by atoms with E-state index in [1.54, 1.807) is 0 Å². The topological polar surface area (TPSA) is 6.25 Å². The normalized spacial score (nSPS) is 22.5. The maximum absolute atomic E-state index is 7.01. The summed E-state index contributed by atoms with van der Waals surface area (Å²) in [5, 5.41) is 0.914. The lowest BCUT2D eigenvalue weighted by atomic mass is 9.81. The van der Waals surface area contributed by atoms with Crippen LogP contribution in [-0.4, -0.2) is 24.4 Å². The highest BCUT2D eigenvalue weighted by atomic mass is 35.5. The Morgan fingerprint density at radius 2 is 1.53 bits per heavy atom. The maximum atomic E-state index is 7.01. The van der Waals surface area contributed by atoms with Gasteiger partial charge in [0.15, 0.2) is 5.71 Å². The van der Waals surface area contributed by atoms with Gasteiger partial charge in [-0.05, 0) is 62.0 Å². The average molecular weight is 499 g/mol. The van der Waals surface area contributed by atoms with Crippen molar-refractivity contribution in [3.05, 3.63) is 113 Å². The van der Waals surface area contributed by atoms with Gasteiger partial charge in [0.1, 0.15) is 7.05 Å². The zero-order chi connectivity index (χ0) is 25.0. The van der Waals surface area contributed by atoms with E-state index in [1.807, 2.05) is 0 Å². The number of hydrogen-bond acceptors (Lipinski definition) is 1. The maximum Gasteiger partial charge on any atom is 0.209 e. The summed E-state index contributed by atoms with van der Waals surface area (Å²) in [6.45, 7) is 9.23.